The van der Waals surface area contributed by atoms with Crippen LogP contribution >= 0.6 is 27.5 Å². The van der Waals surface area contributed by atoms with Crippen molar-refractivity contribution in [2.75, 3.05) is 5.32 Å². The first-order valence-corrected chi connectivity index (χ1v) is 6.85. The highest BCUT2D eigenvalue weighted by Gasteiger charge is 2.10. The third-order valence-electron chi connectivity index (χ3n) is 2.65. The SMILES string of the molecule is Cc1ccc(C(=O)Nc2ccc(Br)c(Cl)c2)c(C)n1. The Morgan fingerprint density at radius 1 is 1.26 bits per heavy atom. The summed E-state index contributed by atoms with van der Waals surface area (Å²) in [5.41, 5.74) is 2.81. The van der Waals surface area contributed by atoms with Crippen LogP contribution in [0.2, 0.25) is 5.02 Å². The van der Waals surface area contributed by atoms with Gasteiger partial charge < -0.3 is 5.32 Å². The summed E-state index contributed by atoms with van der Waals surface area (Å²) in [5, 5.41) is 3.35. The zero-order valence-electron chi connectivity index (χ0n) is 10.5. The topological polar surface area (TPSA) is 42.0 Å². The first-order valence-electron chi connectivity index (χ1n) is 5.68. The highest BCUT2D eigenvalue weighted by atomic mass is 79.9. The number of aryl methyl sites for hydroxylation is 2. The first-order chi connectivity index (χ1) is 8.97. The van der Waals surface area contributed by atoms with Gasteiger partial charge in [0.2, 0.25) is 0 Å². The molecule has 98 valence electrons. The number of hydrogen-bond acceptors (Lipinski definition) is 2. The van der Waals surface area contributed by atoms with E-state index in [0.29, 0.717) is 22.0 Å². The van der Waals surface area contributed by atoms with Crippen molar-refractivity contribution < 1.29 is 4.79 Å². The smallest absolute Gasteiger partial charge is 0.257 e. The summed E-state index contributed by atoms with van der Waals surface area (Å²) in [6, 6.07) is 8.85. The van der Waals surface area contributed by atoms with Gasteiger partial charge in [-0.3, -0.25) is 9.78 Å². The molecule has 1 aromatic carbocycles. The van der Waals surface area contributed by atoms with E-state index in [1.54, 1.807) is 24.3 Å². The number of benzene rings is 1. The lowest BCUT2D eigenvalue weighted by Crippen LogP contribution is -2.14. The fourth-order valence-electron chi connectivity index (χ4n) is 1.70. The zero-order valence-corrected chi connectivity index (χ0v) is 12.8. The maximum absolute atomic E-state index is 12.1. The Hall–Kier alpha value is -1.39. The summed E-state index contributed by atoms with van der Waals surface area (Å²) in [7, 11) is 0. The van der Waals surface area contributed by atoms with E-state index in [1.807, 2.05) is 19.9 Å². The fourth-order valence-corrected chi connectivity index (χ4v) is 2.13. The number of hydrogen-bond donors (Lipinski definition) is 1. The van der Waals surface area contributed by atoms with Gasteiger partial charge in [0.15, 0.2) is 0 Å². The summed E-state index contributed by atoms with van der Waals surface area (Å²) in [6.45, 7) is 3.71. The van der Waals surface area contributed by atoms with Gasteiger partial charge in [-0.05, 0) is 60.1 Å². The van der Waals surface area contributed by atoms with E-state index in [4.69, 9.17) is 11.6 Å². The minimum atomic E-state index is -0.191. The Kier molecular flexibility index (Phi) is 4.22. The molecule has 3 nitrogen and oxygen atoms in total. The van der Waals surface area contributed by atoms with Gasteiger partial charge in [-0.1, -0.05) is 11.6 Å². The molecule has 0 radical (unpaired) electrons. The molecular formula is C14H12BrClN2O. The molecule has 1 aromatic heterocycles. The highest BCUT2D eigenvalue weighted by Crippen LogP contribution is 2.25. The van der Waals surface area contributed by atoms with Crippen LogP contribution in [0.4, 0.5) is 5.69 Å². The molecule has 0 atom stereocenters. The van der Waals surface area contributed by atoms with E-state index in [9.17, 15) is 4.79 Å². The van der Waals surface area contributed by atoms with E-state index in [1.165, 1.54) is 0 Å². The Morgan fingerprint density at radius 2 is 2.00 bits per heavy atom. The van der Waals surface area contributed by atoms with E-state index < -0.39 is 0 Å². The molecule has 0 aliphatic heterocycles. The quantitative estimate of drug-likeness (QED) is 0.883. The molecule has 5 heteroatoms. The highest BCUT2D eigenvalue weighted by molar-refractivity contribution is 9.10. The van der Waals surface area contributed by atoms with Crippen LogP contribution in [0, 0.1) is 13.8 Å². The predicted molar refractivity (Wildman–Crippen MR) is 80.8 cm³/mol. The van der Waals surface area contributed by atoms with Crippen molar-refractivity contribution in [1.82, 2.24) is 4.98 Å². The van der Waals surface area contributed by atoms with Crippen molar-refractivity contribution in [1.29, 1.82) is 0 Å². The van der Waals surface area contributed by atoms with Crippen LogP contribution < -0.4 is 5.32 Å². The van der Waals surface area contributed by atoms with Crippen LogP contribution in [-0.2, 0) is 0 Å². The lowest BCUT2D eigenvalue weighted by molar-refractivity contribution is 0.102. The number of amides is 1. The van der Waals surface area contributed by atoms with Crippen LogP contribution in [0.3, 0.4) is 0 Å². The van der Waals surface area contributed by atoms with E-state index in [0.717, 1.165) is 10.2 Å². The molecule has 0 bridgehead atoms. The molecule has 0 aliphatic carbocycles. The molecule has 0 saturated heterocycles. The molecule has 0 unspecified atom stereocenters. The van der Waals surface area contributed by atoms with Gasteiger partial charge in [0.1, 0.15) is 0 Å². The summed E-state index contributed by atoms with van der Waals surface area (Å²) in [5.74, 6) is -0.191. The summed E-state index contributed by atoms with van der Waals surface area (Å²) in [4.78, 5) is 16.4. The molecule has 1 heterocycles. The maximum atomic E-state index is 12.1. The average molecular weight is 340 g/mol. The van der Waals surface area contributed by atoms with Crippen LogP contribution in [0.5, 0.6) is 0 Å². The van der Waals surface area contributed by atoms with Gasteiger partial charge >= 0.3 is 0 Å². The van der Waals surface area contributed by atoms with Crippen LogP contribution in [0.1, 0.15) is 21.7 Å². The van der Waals surface area contributed by atoms with Gasteiger partial charge in [0.05, 0.1) is 16.3 Å². The Morgan fingerprint density at radius 3 is 2.63 bits per heavy atom. The number of aromatic nitrogens is 1. The third kappa shape index (κ3) is 3.33. The van der Waals surface area contributed by atoms with Crippen molar-refractivity contribution in [2.24, 2.45) is 0 Å². The molecule has 1 N–H and O–H groups in total. The summed E-state index contributed by atoms with van der Waals surface area (Å²) in [6.07, 6.45) is 0. The number of carbonyl (C=O) groups is 1. The van der Waals surface area contributed by atoms with Crippen molar-refractivity contribution in [3.8, 4) is 0 Å². The Labute approximate surface area is 125 Å². The molecule has 2 rings (SSSR count). The van der Waals surface area contributed by atoms with Crippen molar-refractivity contribution >= 4 is 39.1 Å². The number of rotatable bonds is 2. The van der Waals surface area contributed by atoms with Crippen molar-refractivity contribution in [2.45, 2.75) is 13.8 Å². The van der Waals surface area contributed by atoms with Crippen molar-refractivity contribution in [3.63, 3.8) is 0 Å². The number of halogens is 2. The van der Waals surface area contributed by atoms with Crippen molar-refractivity contribution in [3.05, 3.63) is 56.8 Å². The maximum Gasteiger partial charge on any atom is 0.257 e. The van der Waals surface area contributed by atoms with Crippen LogP contribution in [-0.4, -0.2) is 10.9 Å². The minimum Gasteiger partial charge on any atom is -0.322 e. The molecule has 0 aliphatic rings. The monoisotopic (exact) mass is 338 g/mol. The van der Waals surface area contributed by atoms with E-state index in [2.05, 4.69) is 26.2 Å². The van der Waals surface area contributed by atoms with Gasteiger partial charge in [-0.25, -0.2) is 0 Å². The standard InChI is InChI=1S/C14H12BrClN2O/c1-8-3-5-11(9(2)17-8)14(19)18-10-4-6-12(15)13(16)7-10/h3-7H,1-2H3,(H,18,19). The number of nitrogens with one attached hydrogen (secondary N) is 1. The van der Waals surface area contributed by atoms with Gasteiger partial charge in [0, 0.05) is 15.9 Å². The molecule has 1 amide bonds. The van der Waals surface area contributed by atoms with Crippen LogP contribution in [0.15, 0.2) is 34.8 Å². The van der Waals surface area contributed by atoms with E-state index in [-0.39, 0.29) is 5.91 Å². The van der Waals surface area contributed by atoms with Gasteiger partial charge in [-0.2, -0.15) is 0 Å². The van der Waals surface area contributed by atoms with Crippen LogP contribution in [0.25, 0.3) is 0 Å². The molecular weight excluding hydrogens is 328 g/mol. The zero-order chi connectivity index (χ0) is 14.0. The first kappa shape index (κ1) is 14.0. The van der Waals surface area contributed by atoms with E-state index >= 15 is 0 Å². The number of nitrogens with zero attached hydrogens (tertiary/aromatic N) is 1. The largest absolute Gasteiger partial charge is 0.322 e. The predicted octanol–water partition coefficient (Wildman–Crippen LogP) is 4.37. The minimum absolute atomic E-state index is 0.191. The summed E-state index contributed by atoms with van der Waals surface area (Å²) < 4.78 is 0.792. The second-order valence-corrected chi connectivity index (χ2v) is 5.43. The van der Waals surface area contributed by atoms with Gasteiger partial charge in [0.25, 0.3) is 5.91 Å². The number of carbonyl (C=O) groups excluding carboxylic acids is 1. The third-order valence-corrected chi connectivity index (χ3v) is 3.88. The molecule has 0 spiro atoms. The molecule has 0 fully saturated rings. The second kappa shape index (κ2) is 5.72. The Balaban J connectivity index is 2.23. The number of anilines is 1. The average Bonchev–Trinajstić information content (AvgIpc) is 2.33. The fraction of sp³-hybridized carbons (Fsp3) is 0.143. The molecule has 0 saturated carbocycles. The lowest BCUT2D eigenvalue weighted by atomic mass is 10.1. The Bertz CT molecular complexity index is 643. The second-order valence-electron chi connectivity index (χ2n) is 4.17. The summed E-state index contributed by atoms with van der Waals surface area (Å²) >= 11 is 9.29. The lowest BCUT2D eigenvalue weighted by Gasteiger charge is -2.08. The molecule has 19 heavy (non-hydrogen) atoms. The molecule has 2 aromatic rings. The van der Waals surface area contributed by atoms with Gasteiger partial charge in [-0.15, -0.1) is 0 Å². The number of pyridine rings is 1. The normalized spacial score (nSPS) is 10.3.